The van der Waals surface area contributed by atoms with Gasteiger partial charge < -0.3 is 9.15 Å². The molecule has 2 rings (SSSR count). The Bertz CT molecular complexity index is 498. The minimum absolute atomic E-state index is 0.234. The molecule has 1 aliphatic carbocycles. The van der Waals surface area contributed by atoms with E-state index in [1.54, 1.807) is 24.5 Å². The van der Waals surface area contributed by atoms with Gasteiger partial charge in [0.2, 0.25) is 0 Å². The number of Topliss-reactive ketones (excluding diaryl/α,β-unsaturated/α-hetero) is 1. The molecule has 4 heteroatoms. The normalized spacial score (nSPS) is 10.3. The largest absolute Gasteiger partial charge is 0.472 e. The number of ether oxygens (including phenoxy) is 1. The van der Waals surface area contributed by atoms with Crippen molar-refractivity contribution in [1.29, 1.82) is 0 Å². The van der Waals surface area contributed by atoms with Crippen LogP contribution in [-0.4, -0.2) is 18.9 Å². The van der Waals surface area contributed by atoms with Gasteiger partial charge in [-0.15, -0.1) is 0 Å². The van der Waals surface area contributed by atoms with E-state index in [1.807, 2.05) is 0 Å². The van der Waals surface area contributed by atoms with Crippen LogP contribution in [-0.2, 0) is 9.53 Å². The quantitative estimate of drug-likeness (QED) is 0.450. The maximum Gasteiger partial charge on any atom is 0.313 e. The second-order valence-electron chi connectivity index (χ2n) is 3.35. The predicted molar refractivity (Wildman–Crippen MR) is 56.3 cm³/mol. The lowest BCUT2D eigenvalue weighted by molar-refractivity contribution is -0.139. The monoisotopic (exact) mass is 218 g/mol. The SMILES string of the molecule is COC(=O)CC(=O)c1ccc2coccc1-2. The average molecular weight is 218 g/mol. The molecule has 0 atom stereocenters. The molecule has 0 saturated heterocycles. The summed E-state index contributed by atoms with van der Waals surface area (Å²) in [6.07, 6.45) is 2.82. The van der Waals surface area contributed by atoms with Gasteiger partial charge in [0.05, 0.1) is 19.6 Å². The number of carbonyl (C=O) groups excluding carboxylic acids is 2. The van der Waals surface area contributed by atoms with Gasteiger partial charge in [-0.1, -0.05) is 12.1 Å². The Morgan fingerprint density at radius 3 is 2.88 bits per heavy atom. The van der Waals surface area contributed by atoms with E-state index in [0.717, 1.165) is 11.1 Å². The van der Waals surface area contributed by atoms with Crippen molar-refractivity contribution in [3.8, 4) is 11.1 Å². The second kappa shape index (κ2) is 4.18. The molecule has 0 saturated carbocycles. The molecule has 82 valence electrons. The Morgan fingerprint density at radius 1 is 1.31 bits per heavy atom. The summed E-state index contributed by atoms with van der Waals surface area (Å²) in [6, 6.07) is 5.18. The fourth-order valence-corrected chi connectivity index (χ4v) is 1.56. The van der Waals surface area contributed by atoms with Gasteiger partial charge in [-0.25, -0.2) is 0 Å². The third-order valence-electron chi connectivity index (χ3n) is 2.37. The van der Waals surface area contributed by atoms with E-state index >= 15 is 0 Å². The Labute approximate surface area is 92.2 Å². The first-order valence-corrected chi connectivity index (χ1v) is 4.77. The minimum Gasteiger partial charge on any atom is -0.472 e. The summed E-state index contributed by atoms with van der Waals surface area (Å²) in [7, 11) is 1.26. The van der Waals surface area contributed by atoms with Gasteiger partial charge in [0.15, 0.2) is 5.78 Å². The Morgan fingerprint density at radius 2 is 2.12 bits per heavy atom. The highest BCUT2D eigenvalue weighted by molar-refractivity contribution is 6.10. The number of hydrogen-bond acceptors (Lipinski definition) is 4. The number of ketones is 1. The molecule has 0 amide bonds. The van der Waals surface area contributed by atoms with Crippen LogP contribution in [0, 0.1) is 0 Å². The number of esters is 1. The number of fused-ring (bicyclic) bond motifs is 1. The molecule has 16 heavy (non-hydrogen) atoms. The average Bonchev–Trinajstić information content (AvgIpc) is 2.72. The molecule has 0 aromatic heterocycles. The predicted octanol–water partition coefficient (Wildman–Crippen LogP) is 2.13. The van der Waals surface area contributed by atoms with E-state index < -0.39 is 5.97 Å². The summed E-state index contributed by atoms with van der Waals surface area (Å²) < 4.78 is 9.44. The molecular weight excluding hydrogens is 208 g/mol. The van der Waals surface area contributed by atoms with E-state index in [9.17, 15) is 9.59 Å². The molecule has 1 aliphatic heterocycles. The van der Waals surface area contributed by atoms with Crippen molar-refractivity contribution in [2.24, 2.45) is 0 Å². The van der Waals surface area contributed by atoms with E-state index in [0.29, 0.717) is 5.56 Å². The first kappa shape index (κ1) is 10.4. The molecule has 4 nitrogen and oxygen atoms in total. The number of methoxy groups -OCH3 is 1. The smallest absolute Gasteiger partial charge is 0.313 e. The van der Waals surface area contributed by atoms with Crippen molar-refractivity contribution in [3.63, 3.8) is 0 Å². The van der Waals surface area contributed by atoms with Gasteiger partial charge in [0, 0.05) is 11.1 Å². The van der Waals surface area contributed by atoms with Crippen LogP contribution in [0.3, 0.4) is 0 Å². The molecule has 0 N–H and O–H groups in total. The summed E-state index contributed by atoms with van der Waals surface area (Å²) in [4.78, 5) is 22.7. The van der Waals surface area contributed by atoms with Gasteiger partial charge in [-0.3, -0.25) is 9.59 Å². The summed E-state index contributed by atoms with van der Waals surface area (Å²) >= 11 is 0. The molecule has 1 heterocycles. The van der Waals surface area contributed by atoms with Crippen LogP contribution in [0.15, 0.2) is 35.1 Å². The van der Waals surface area contributed by atoms with Crippen molar-refractivity contribution in [1.82, 2.24) is 0 Å². The molecule has 0 aromatic rings. The topological polar surface area (TPSA) is 56.5 Å². The fraction of sp³-hybridized carbons (Fsp3) is 0.167. The molecule has 0 unspecified atom stereocenters. The van der Waals surface area contributed by atoms with Gasteiger partial charge in [-0.05, 0) is 11.6 Å². The summed E-state index contributed by atoms with van der Waals surface area (Å²) in [6.45, 7) is 0. The molecule has 2 aliphatic rings. The molecule has 0 bridgehead atoms. The van der Waals surface area contributed by atoms with Gasteiger partial charge in [-0.2, -0.15) is 0 Å². The third-order valence-corrected chi connectivity index (χ3v) is 2.37. The van der Waals surface area contributed by atoms with Crippen LogP contribution in [0.2, 0.25) is 0 Å². The van der Waals surface area contributed by atoms with Crippen LogP contribution < -0.4 is 0 Å². The first-order valence-electron chi connectivity index (χ1n) is 4.77. The highest BCUT2D eigenvalue weighted by Crippen LogP contribution is 2.28. The first-order chi connectivity index (χ1) is 7.72. The van der Waals surface area contributed by atoms with Crippen molar-refractivity contribution in [2.45, 2.75) is 6.42 Å². The van der Waals surface area contributed by atoms with E-state index in [4.69, 9.17) is 4.42 Å². The lowest BCUT2D eigenvalue weighted by atomic mass is 10.1. The van der Waals surface area contributed by atoms with Crippen LogP contribution in [0.4, 0.5) is 0 Å². The van der Waals surface area contributed by atoms with Crippen LogP contribution >= 0.6 is 0 Å². The zero-order valence-corrected chi connectivity index (χ0v) is 8.73. The molecule has 0 fully saturated rings. The van der Waals surface area contributed by atoms with Crippen LogP contribution in [0.5, 0.6) is 0 Å². The lowest BCUT2D eigenvalue weighted by Gasteiger charge is -2.01. The van der Waals surface area contributed by atoms with Crippen molar-refractivity contribution < 1.29 is 18.7 Å². The number of carbonyl (C=O) groups is 2. The van der Waals surface area contributed by atoms with Gasteiger partial charge in [0.25, 0.3) is 0 Å². The van der Waals surface area contributed by atoms with E-state index in [2.05, 4.69) is 4.74 Å². The van der Waals surface area contributed by atoms with E-state index in [-0.39, 0.29) is 12.2 Å². The van der Waals surface area contributed by atoms with Crippen molar-refractivity contribution in [3.05, 3.63) is 36.3 Å². The standard InChI is InChI=1S/C12H10O4/c1-15-12(14)6-11(13)10-3-2-8-7-16-5-4-9(8)10/h2-5,7H,6H2,1H3. The minimum atomic E-state index is -0.528. The number of hydrogen-bond donors (Lipinski definition) is 0. The number of rotatable bonds is 3. The van der Waals surface area contributed by atoms with Crippen LogP contribution in [0.25, 0.3) is 11.1 Å². The van der Waals surface area contributed by atoms with E-state index in [1.165, 1.54) is 13.4 Å². The van der Waals surface area contributed by atoms with Gasteiger partial charge >= 0.3 is 5.97 Å². The molecule has 0 spiro atoms. The summed E-state index contributed by atoms with van der Waals surface area (Å²) in [5.41, 5.74) is 2.16. The summed E-state index contributed by atoms with van der Waals surface area (Å²) in [5, 5.41) is 0. The van der Waals surface area contributed by atoms with Crippen molar-refractivity contribution >= 4 is 11.8 Å². The van der Waals surface area contributed by atoms with Crippen molar-refractivity contribution in [2.75, 3.05) is 7.11 Å². The molecular formula is C12H10O4. The Balaban J connectivity index is 2.28. The Kier molecular flexibility index (Phi) is 2.72. The molecule has 0 aromatic carbocycles. The molecule has 0 radical (unpaired) electrons. The fourth-order valence-electron chi connectivity index (χ4n) is 1.56. The van der Waals surface area contributed by atoms with Gasteiger partial charge in [0.1, 0.15) is 6.42 Å². The highest BCUT2D eigenvalue weighted by atomic mass is 16.5. The summed E-state index contributed by atoms with van der Waals surface area (Å²) in [5.74, 6) is -0.770. The maximum absolute atomic E-state index is 11.8. The Hall–Kier alpha value is -2.10. The highest BCUT2D eigenvalue weighted by Gasteiger charge is 2.18. The maximum atomic E-state index is 11.8. The zero-order chi connectivity index (χ0) is 11.5. The second-order valence-corrected chi connectivity index (χ2v) is 3.35. The lowest BCUT2D eigenvalue weighted by Crippen LogP contribution is -2.09. The zero-order valence-electron chi connectivity index (χ0n) is 8.73. The van der Waals surface area contributed by atoms with Crippen LogP contribution in [0.1, 0.15) is 16.8 Å². The third kappa shape index (κ3) is 1.82.